The van der Waals surface area contributed by atoms with Gasteiger partial charge in [-0.1, -0.05) is 13.3 Å². The fourth-order valence-corrected chi connectivity index (χ4v) is 1.52. The second kappa shape index (κ2) is 6.93. The number of hydrogen-bond donors (Lipinski definition) is 2. The zero-order valence-corrected chi connectivity index (χ0v) is 11.6. The molecule has 5 nitrogen and oxygen atoms in total. The molecule has 0 unspecified atom stereocenters. The minimum atomic E-state index is -0.138. The van der Waals surface area contributed by atoms with E-state index in [0.29, 0.717) is 23.9 Å². The van der Waals surface area contributed by atoms with Crippen molar-refractivity contribution in [2.75, 3.05) is 11.9 Å². The summed E-state index contributed by atoms with van der Waals surface area (Å²) in [6, 6.07) is 1.96. The fraction of sp³-hybridized carbons (Fsp3) is 0.615. The van der Waals surface area contributed by atoms with E-state index in [1.807, 2.05) is 13.8 Å². The molecule has 0 bridgehead atoms. The van der Waals surface area contributed by atoms with E-state index in [4.69, 9.17) is 0 Å². The summed E-state index contributed by atoms with van der Waals surface area (Å²) < 4.78 is 0. The number of carbonyl (C=O) groups is 1. The second-order valence-electron chi connectivity index (χ2n) is 4.59. The van der Waals surface area contributed by atoms with Gasteiger partial charge in [-0.15, -0.1) is 0 Å². The third kappa shape index (κ3) is 4.69. The molecule has 2 N–H and O–H groups in total. The molecule has 0 saturated heterocycles. The maximum absolute atomic E-state index is 11.9. The molecule has 0 aromatic carbocycles. The highest BCUT2D eigenvalue weighted by molar-refractivity contribution is 5.92. The molecule has 0 spiro atoms. The predicted octanol–water partition coefficient (Wildman–Crippen LogP) is 2.14. The molecule has 100 valence electrons. The summed E-state index contributed by atoms with van der Waals surface area (Å²) in [4.78, 5) is 20.3. The third-order valence-corrected chi connectivity index (χ3v) is 2.32. The van der Waals surface area contributed by atoms with Crippen molar-refractivity contribution in [2.24, 2.45) is 0 Å². The van der Waals surface area contributed by atoms with Gasteiger partial charge in [0.05, 0.1) is 0 Å². The van der Waals surface area contributed by atoms with Crippen molar-refractivity contribution < 1.29 is 4.79 Å². The van der Waals surface area contributed by atoms with Crippen molar-refractivity contribution in [3.05, 3.63) is 17.6 Å². The van der Waals surface area contributed by atoms with Crippen LogP contribution in [0.5, 0.6) is 0 Å². The first kappa shape index (κ1) is 14.4. The van der Waals surface area contributed by atoms with Crippen LogP contribution >= 0.6 is 0 Å². The smallest absolute Gasteiger partial charge is 0.270 e. The lowest BCUT2D eigenvalue weighted by Gasteiger charge is -2.11. The zero-order chi connectivity index (χ0) is 13.5. The van der Waals surface area contributed by atoms with Crippen molar-refractivity contribution in [1.82, 2.24) is 15.3 Å². The molecule has 0 atom stereocenters. The average molecular weight is 250 g/mol. The number of unbranched alkanes of at least 4 members (excludes halogenated alkanes) is 1. The van der Waals surface area contributed by atoms with Crippen LogP contribution < -0.4 is 10.6 Å². The van der Waals surface area contributed by atoms with Crippen molar-refractivity contribution in [3.8, 4) is 0 Å². The minimum absolute atomic E-state index is 0.138. The molecule has 1 amide bonds. The van der Waals surface area contributed by atoms with Crippen LogP contribution in [0.2, 0.25) is 0 Å². The molecule has 1 heterocycles. The summed E-state index contributed by atoms with van der Waals surface area (Å²) in [5.41, 5.74) is 0.418. The third-order valence-electron chi connectivity index (χ3n) is 2.32. The molecule has 5 heteroatoms. The Hall–Kier alpha value is -1.65. The Morgan fingerprint density at radius 3 is 2.72 bits per heavy atom. The normalized spacial score (nSPS) is 10.5. The molecule has 1 aromatic heterocycles. The first-order valence-electron chi connectivity index (χ1n) is 6.43. The number of aromatic nitrogens is 2. The van der Waals surface area contributed by atoms with Gasteiger partial charge < -0.3 is 10.6 Å². The van der Waals surface area contributed by atoms with Gasteiger partial charge in [0, 0.05) is 18.7 Å². The van der Waals surface area contributed by atoms with Gasteiger partial charge in [-0.3, -0.25) is 4.79 Å². The number of amides is 1. The average Bonchev–Trinajstić information content (AvgIpc) is 2.27. The quantitative estimate of drug-likeness (QED) is 0.759. The lowest BCUT2D eigenvalue weighted by molar-refractivity contribution is 0.0948. The number of rotatable bonds is 6. The number of hydrogen-bond acceptors (Lipinski definition) is 4. The van der Waals surface area contributed by atoms with Crippen molar-refractivity contribution in [3.63, 3.8) is 0 Å². The van der Waals surface area contributed by atoms with Gasteiger partial charge in [0.1, 0.15) is 17.3 Å². The van der Waals surface area contributed by atoms with Gasteiger partial charge in [0.15, 0.2) is 0 Å². The SMILES string of the molecule is CCCCNC(=O)c1cc(NC(C)C)nc(C)n1. The number of nitrogens with one attached hydrogen (secondary N) is 2. The van der Waals surface area contributed by atoms with Crippen LogP contribution in [0.25, 0.3) is 0 Å². The standard InChI is InChI=1S/C13H22N4O/c1-5-6-7-14-13(18)11-8-12(15-9(2)3)17-10(4)16-11/h8-9H,5-7H2,1-4H3,(H,14,18)(H,15,16,17). The van der Waals surface area contributed by atoms with E-state index in [1.165, 1.54) is 0 Å². The summed E-state index contributed by atoms with van der Waals surface area (Å²) in [6.45, 7) is 8.61. The molecule has 0 aliphatic rings. The number of nitrogens with zero attached hydrogens (tertiary/aromatic N) is 2. The lowest BCUT2D eigenvalue weighted by atomic mass is 10.3. The Kier molecular flexibility index (Phi) is 5.55. The Bertz CT molecular complexity index is 404. The van der Waals surface area contributed by atoms with Crippen LogP contribution in [0.1, 0.15) is 49.9 Å². The number of carbonyl (C=O) groups excluding carboxylic acids is 1. The molecule has 0 fully saturated rings. The van der Waals surface area contributed by atoms with E-state index < -0.39 is 0 Å². The molecular formula is C13H22N4O. The monoisotopic (exact) mass is 250 g/mol. The Morgan fingerprint density at radius 2 is 2.11 bits per heavy atom. The molecule has 1 rings (SSSR count). The number of anilines is 1. The van der Waals surface area contributed by atoms with Crippen molar-refractivity contribution >= 4 is 11.7 Å². The van der Waals surface area contributed by atoms with E-state index in [0.717, 1.165) is 12.8 Å². The van der Waals surface area contributed by atoms with Crippen molar-refractivity contribution in [2.45, 2.75) is 46.6 Å². The van der Waals surface area contributed by atoms with Crippen molar-refractivity contribution in [1.29, 1.82) is 0 Å². The van der Waals surface area contributed by atoms with E-state index in [1.54, 1.807) is 13.0 Å². The van der Waals surface area contributed by atoms with Crippen LogP contribution in [-0.4, -0.2) is 28.5 Å². The second-order valence-corrected chi connectivity index (χ2v) is 4.59. The summed E-state index contributed by atoms with van der Waals surface area (Å²) in [7, 11) is 0. The topological polar surface area (TPSA) is 66.9 Å². The maximum atomic E-state index is 11.9. The molecule has 1 aromatic rings. The summed E-state index contributed by atoms with van der Waals surface area (Å²) in [5, 5.41) is 6.03. The first-order valence-corrected chi connectivity index (χ1v) is 6.43. The van der Waals surface area contributed by atoms with Gasteiger partial charge in [-0.2, -0.15) is 0 Å². The van der Waals surface area contributed by atoms with Gasteiger partial charge in [0.25, 0.3) is 5.91 Å². The van der Waals surface area contributed by atoms with Crippen LogP contribution in [0.4, 0.5) is 5.82 Å². The minimum Gasteiger partial charge on any atom is -0.368 e. The van der Waals surface area contributed by atoms with Crippen LogP contribution in [0.15, 0.2) is 6.07 Å². The first-order chi connectivity index (χ1) is 8.52. The predicted molar refractivity (Wildman–Crippen MR) is 72.8 cm³/mol. The summed E-state index contributed by atoms with van der Waals surface area (Å²) >= 11 is 0. The highest BCUT2D eigenvalue weighted by Crippen LogP contribution is 2.08. The van der Waals surface area contributed by atoms with E-state index in [-0.39, 0.29) is 11.9 Å². The van der Waals surface area contributed by atoms with Crippen LogP contribution in [0.3, 0.4) is 0 Å². The van der Waals surface area contributed by atoms with Crippen LogP contribution in [0, 0.1) is 6.92 Å². The van der Waals surface area contributed by atoms with E-state index in [2.05, 4.69) is 27.5 Å². The van der Waals surface area contributed by atoms with Gasteiger partial charge in [-0.25, -0.2) is 9.97 Å². The lowest BCUT2D eigenvalue weighted by Crippen LogP contribution is -2.26. The molecule has 0 aliphatic heterocycles. The van der Waals surface area contributed by atoms with E-state index in [9.17, 15) is 4.79 Å². The van der Waals surface area contributed by atoms with E-state index >= 15 is 0 Å². The van der Waals surface area contributed by atoms with Crippen LogP contribution in [-0.2, 0) is 0 Å². The number of aryl methyl sites for hydroxylation is 1. The Balaban J connectivity index is 2.75. The van der Waals surface area contributed by atoms with Gasteiger partial charge >= 0.3 is 0 Å². The highest BCUT2D eigenvalue weighted by Gasteiger charge is 2.10. The molecule has 18 heavy (non-hydrogen) atoms. The molecule has 0 aliphatic carbocycles. The Labute approximate surface area is 108 Å². The fourth-order valence-electron chi connectivity index (χ4n) is 1.52. The molecule has 0 saturated carbocycles. The maximum Gasteiger partial charge on any atom is 0.270 e. The molecule has 0 radical (unpaired) electrons. The van der Waals surface area contributed by atoms with Gasteiger partial charge in [0.2, 0.25) is 0 Å². The Morgan fingerprint density at radius 1 is 1.39 bits per heavy atom. The largest absolute Gasteiger partial charge is 0.368 e. The highest BCUT2D eigenvalue weighted by atomic mass is 16.1. The zero-order valence-electron chi connectivity index (χ0n) is 11.6. The molecular weight excluding hydrogens is 228 g/mol. The summed E-state index contributed by atoms with van der Waals surface area (Å²) in [6.07, 6.45) is 2.04. The summed E-state index contributed by atoms with van der Waals surface area (Å²) in [5.74, 6) is 1.15. The van der Waals surface area contributed by atoms with Gasteiger partial charge in [-0.05, 0) is 27.2 Å².